The summed E-state index contributed by atoms with van der Waals surface area (Å²) in [7, 11) is 0. The fourth-order valence-electron chi connectivity index (χ4n) is 1.22. The fourth-order valence-corrected chi connectivity index (χ4v) is 1.22. The van der Waals surface area contributed by atoms with Crippen LogP contribution in [0.5, 0.6) is 5.88 Å². The molecule has 0 unspecified atom stereocenters. The van der Waals surface area contributed by atoms with Crippen LogP contribution < -0.4 is 16.0 Å². The topological polar surface area (TPSA) is 60.2 Å². The quantitative estimate of drug-likeness (QED) is 0.542. The minimum Gasteiger partial charge on any atom is -0.474 e. The molecular weight excluding hydrogens is 166 g/mol. The number of aromatic nitrogens is 1. The average Bonchev–Trinajstić information content (AvgIpc) is 2.12. The second-order valence-corrected chi connectivity index (χ2v) is 3.18. The summed E-state index contributed by atoms with van der Waals surface area (Å²) in [6.07, 6.45) is 3.91. The molecule has 1 saturated carbocycles. The molecule has 2 rings (SSSR count). The molecule has 0 spiro atoms. The molecule has 1 fully saturated rings. The monoisotopic (exact) mass is 179 g/mol. The van der Waals surface area contributed by atoms with E-state index in [1.807, 2.05) is 12.1 Å². The van der Waals surface area contributed by atoms with E-state index in [1.54, 1.807) is 6.07 Å². The van der Waals surface area contributed by atoms with Crippen molar-refractivity contribution in [2.75, 3.05) is 5.43 Å². The number of pyridine rings is 1. The number of hydrazine groups is 1. The van der Waals surface area contributed by atoms with Crippen LogP contribution in [-0.2, 0) is 0 Å². The SMILES string of the molecule is NNc1cccc(OC2CCC2)n1. The van der Waals surface area contributed by atoms with Gasteiger partial charge in [0, 0.05) is 6.07 Å². The molecule has 1 aliphatic rings. The van der Waals surface area contributed by atoms with Crippen LogP contribution in [-0.4, -0.2) is 11.1 Å². The van der Waals surface area contributed by atoms with Gasteiger partial charge in [-0.2, -0.15) is 4.98 Å². The summed E-state index contributed by atoms with van der Waals surface area (Å²) in [5.41, 5.74) is 2.49. The molecule has 70 valence electrons. The molecule has 1 heterocycles. The minimum absolute atomic E-state index is 0.362. The van der Waals surface area contributed by atoms with E-state index in [0.29, 0.717) is 17.8 Å². The van der Waals surface area contributed by atoms with Gasteiger partial charge in [0.2, 0.25) is 5.88 Å². The first-order chi connectivity index (χ1) is 6.38. The van der Waals surface area contributed by atoms with Crippen LogP contribution in [0.15, 0.2) is 18.2 Å². The lowest BCUT2D eigenvalue weighted by atomic mass is 9.96. The van der Waals surface area contributed by atoms with E-state index in [-0.39, 0.29) is 0 Å². The van der Waals surface area contributed by atoms with Crippen LogP contribution in [0.2, 0.25) is 0 Å². The van der Waals surface area contributed by atoms with Crippen LogP contribution in [0.25, 0.3) is 0 Å². The molecule has 1 aliphatic carbocycles. The predicted octanol–water partition coefficient (Wildman–Crippen LogP) is 1.30. The highest BCUT2D eigenvalue weighted by Gasteiger charge is 2.19. The van der Waals surface area contributed by atoms with Crippen molar-refractivity contribution in [3.63, 3.8) is 0 Å². The van der Waals surface area contributed by atoms with Crippen molar-refractivity contribution in [1.29, 1.82) is 0 Å². The largest absolute Gasteiger partial charge is 0.474 e. The highest BCUT2D eigenvalue weighted by atomic mass is 16.5. The number of nitrogen functional groups attached to an aromatic ring is 1. The Bertz CT molecular complexity index is 286. The van der Waals surface area contributed by atoms with Crippen molar-refractivity contribution in [2.45, 2.75) is 25.4 Å². The molecule has 0 bridgehead atoms. The van der Waals surface area contributed by atoms with E-state index in [1.165, 1.54) is 6.42 Å². The second-order valence-electron chi connectivity index (χ2n) is 3.18. The number of nitrogens with zero attached hydrogens (tertiary/aromatic N) is 1. The zero-order valence-corrected chi connectivity index (χ0v) is 7.36. The summed E-state index contributed by atoms with van der Waals surface area (Å²) >= 11 is 0. The molecule has 3 N–H and O–H groups in total. The van der Waals surface area contributed by atoms with Crippen molar-refractivity contribution in [1.82, 2.24) is 4.98 Å². The van der Waals surface area contributed by atoms with Crippen molar-refractivity contribution < 1.29 is 4.74 Å². The number of nitrogens with one attached hydrogen (secondary N) is 1. The lowest BCUT2D eigenvalue weighted by Gasteiger charge is -2.25. The maximum atomic E-state index is 5.59. The van der Waals surface area contributed by atoms with Crippen molar-refractivity contribution in [3.05, 3.63) is 18.2 Å². The third-order valence-corrected chi connectivity index (χ3v) is 2.21. The molecular formula is C9H13N3O. The Morgan fingerprint density at radius 2 is 2.31 bits per heavy atom. The highest BCUT2D eigenvalue weighted by molar-refractivity contribution is 5.35. The fraction of sp³-hybridized carbons (Fsp3) is 0.444. The minimum atomic E-state index is 0.362. The summed E-state index contributed by atoms with van der Waals surface area (Å²) in [4.78, 5) is 4.15. The van der Waals surface area contributed by atoms with Gasteiger partial charge in [0.25, 0.3) is 0 Å². The van der Waals surface area contributed by atoms with Gasteiger partial charge in [0.1, 0.15) is 11.9 Å². The Morgan fingerprint density at radius 3 is 2.92 bits per heavy atom. The molecule has 0 saturated heterocycles. The van der Waals surface area contributed by atoms with E-state index < -0.39 is 0 Å². The van der Waals surface area contributed by atoms with Crippen molar-refractivity contribution in [3.8, 4) is 5.88 Å². The molecule has 0 aliphatic heterocycles. The van der Waals surface area contributed by atoms with E-state index in [9.17, 15) is 0 Å². The first-order valence-electron chi connectivity index (χ1n) is 4.49. The normalized spacial score (nSPS) is 16.4. The number of nitrogens with two attached hydrogens (primary N) is 1. The van der Waals surface area contributed by atoms with Gasteiger partial charge < -0.3 is 10.2 Å². The molecule has 1 aromatic rings. The summed E-state index contributed by atoms with van der Waals surface area (Å²) in [6.45, 7) is 0. The number of hydrogen-bond donors (Lipinski definition) is 2. The van der Waals surface area contributed by atoms with Gasteiger partial charge in [-0.1, -0.05) is 6.07 Å². The summed E-state index contributed by atoms with van der Waals surface area (Å²) in [6, 6.07) is 5.52. The first-order valence-corrected chi connectivity index (χ1v) is 4.49. The van der Waals surface area contributed by atoms with Gasteiger partial charge >= 0.3 is 0 Å². The third-order valence-electron chi connectivity index (χ3n) is 2.21. The lowest BCUT2D eigenvalue weighted by molar-refractivity contribution is 0.115. The van der Waals surface area contributed by atoms with Crippen molar-refractivity contribution >= 4 is 5.82 Å². The molecule has 4 heteroatoms. The Kier molecular flexibility index (Phi) is 2.31. The average molecular weight is 179 g/mol. The first kappa shape index (κ1) is 8.31. The third kappa shape index (κ3) is 1.89. The summed E-state index contributed by atoms with van der Waals surface area (Å²) in [5, 5.41) is 0. The molecule has 4 nitrogen and oxygen atoms in total. The van der Waals surface area contributed by atoms with Gasteiger partial charge in [-0.15, -0.1) is 0 Å². The maximum absolute atomic E-state index is 5.59. The number of rotatable bonds is 3. The molecule has 13 heavy (non-hydrogen) atoms. The van der Waals surface area contributed by atoms with E-state index in [0.717, 1.165) is 12.8 Å². The predicted molar refractivity (Wildman–Crippen MR) is 50.3 cm³/mol. The van der Waals surface area contributed by atoms with Crippen LogP contribution in [0.3, 0.4) is 0 Å². The Balaban J connectivity index is 2.01. The zero-order chi connectivity index (χ0) is 9.10. The van der Waals surface area contributed by atoms with Crippen molar-refractivity contribution in [2.24, 2.45) is 5.84 Å². The number of hydrogen-bond acceptors (Lipinski definition) is 4. The molecule has 1 aromatic heterocycles. The standard InChI is InChI=1S/C9H13N3O/c10-12-8-5-2-6-9(11-8)13-7-3-1-4-7/h2,5-7H,1,3-4,10H2,(H,11,12). The van der Waals surface area contributed by atoms with E-state index in [4.69, 9.17) is 10.6 Å². The Hall–Kier alpha value is -1.29. The Labute approximate surface area is 77.1 Å². The summed E-state index contributed by atoms with van der Waals surface area (Å²) in [5.74, 6) is 6.52. The second kappa shape index (κ2) is 3.62. The highest BCUT2D eigenvalue weighted by Crippen LogP contribution is 2.24. The van der Waals surface area contributed by atoms with Gasteiger partial charge in [0.05, 0.1) is 0 Å². The zero-order valence-electron chi connectivity index (χ0n) is 7.36. The van der Waals surface area contributed by atoms with Crippen LogP contribution in [0, 0.1) is 0 Å². The van der Waals surface area contributed by atoms with Gasteiger partial charge in [-0.25, -0.2) is 5.84 Å². The van der Waals surface area contributed by atoms with Gasteiger partial charge in [-0.05, 0) is 25.3 Å². The molecule has 0 aromatic carbocycles. The van der Waals surface area contributed by atoms with Crippen LogP contribution in [0.1, 0.15) is 19.3 Å². The van der Waals surface area contributed by atoms with Crippen LogP contribution in [0.4, 0.5) is 5.82 Å². The van der Waals surface area contributed by atoms with E-state index in [2.05, 4.69) is 10.4 Å². The number of anilines is 1. The molecule has 0 atom stereocenters. The molecule has 0 radical (unpaired) electrons. The van der Waals surface area contributed by atoms with Gasteiger partial charge in [0.15, 0.2) is 0 Å². The smallest absolute Gasteiger partial charge is 0.215 e. The van der Waals surface area contributed by atoms with Crippen LogP contribution >= 0.6 is 0 Å². The van der Waals surface area contributed by atoms with E-state index >= 15 is 0 Å². The summed E-state index contributed by atoms with van der Waals surface area (Å²) < 4.78 is 5.59. The molecule has 0 amide bonds. The maximum Gasteiger partial charge on any atom is 0.215 e. The van der Waals surface area contributed by atoms with Gasteiger partial charge in [-0.3, -0.25) is 0 Å². The number of ether oxygens (including phenoxy) is 1. The lowest BCUT2D eigenvalue weighted by Crippen LogP contribution is -2.25. The Morgan fingerprint density at radius 1 is 1.46 bits per heavy atom.